The van der Waals surface area contributed by atoms with Gasteiger partial charge in [-0.25, -0.2) is 4.98 Å². The van der Waals surface area contributed by atoms with E-state index in [9.17, 15) is 9.59 Å². The molecule has 34 heavy (non-hydrogen) atoms. The van der Waals surface area contributed by atoms with E-state index in [-0.39, 0.29) is 17.7 Å². The number of fused-ring (bicyclic) bond motifs is 1. The van der Waals surface area contributed by atoms with Crippen LogP contribution in [0.25, 0.3) is 11.0 Å². The van der Waals surface area contributed by atoms with E-state index < -0.39 is 0 Å². The number of likely N-dealkylation sites (tertiary alicyclic amines) is 1. The maximum absolute atomic E-state index is 13.3. The van der Waals surface area contributed by atoms with Crippen LogP contribution in [-0.2, 0) is 17.9 Å². The maximum Gasteiger partial charge on any atom is 0.253 e. The molecule has 3 aromatic rings. The molecule has 2 aliphatic heterocycles. The van der Waals surface area contributed by atoms with Crippen LogP contribution in [0.1, 0.15) is 35.9 Å². The summed E-state index contributed by atoms with van der Waals surface area (Å²) in [4.78, 5) is 37.1. The summed E-state index contributed by atoms with van der Waals surface area (Å²) in [5.74, 6) is 1.38. The average molecular weight is 460 g/mol. The van der Waals surface area contributed by atoms with Crippen LogP contribution in [0.2, 0.25) is 0 Å². The Morgan fingerprint density at radius 3 is 2.38 bits per heavy atom. The second-order valence-electron chi connectivity index (χ2n) is 9.32. The van der Waals surface area contributed by atoms with Gasteiger partial charge in [-0.05, 0) is 50.6 Å². The van der Waals surface area contributed by atoms with E-state index in [1.807, 2.05) is 46.2 Å². The number of carbonyl (C=O) groups is 2. The zero-order valence-electron chi connectivity index (χ0n) is 19.9. The van der Waals surface area contributed by atoms with Crippen molar-refractivity contribution >= 4 is 22.8 Å². The number of piperidine rings is 1. The molecule has 0 saturated carbocycles. The first-order valence-electron chi connectivity index (χ1n) is 12.4. The number of imidazole rings is 1. The normalized spacial score (nSPS) is 19.5. The van der Waals surface area contributed by atoms with Gasteiger partial charge in [-0.2, -0.15) is 0 Å². The minimum Gasteiger partial charge on any atom is -0.339 e. The average Bonchev–Trinajstić information content (AvgIpc) is 3.25. The highest BCUT2D eigenvalue weighted by molar-refractivity contribution is 5.94. The minimum absolute atomic E-state index is 0.0181. The molecule has 0 N–H and O–H groups in total. The molecule has 0 bridgehead atoms. The van der Waals surface area contributed by atoms with E-state index in [4.69, 9.17) is 4.98 Å². The first-order chi connectivity index (χ1) is 16.6. The van der Waals surface area contributed by atoms with E-state index in [1.54, 1.807) is 0 Å². The van der Waals surface area contributed by atoms with Crippen molar-refractivity contribution in [2.24, 2.45) is 5.92 Å². The number of nitrogens with zero attached hydrogens (tertiary/aromatic N) is 5. The van der Waals surface area contributed by atoms with Crippen molar-refractivity contribution in [3.8, 4) is 0 Å². The largest absolute Gasteiger partial charge is 0.339 e. The Kier molecular flexibility index (Phi) is 6.63. The molecular formula is C27H33N5O2. The maximum atomic E-state index is 13.3. The van der Waals surface area contributed by atoms with Crippen molar-refractivity contribution in [3.63, 3.8) is 0 Å². The number of carbonyl (C=O) groups excluding carboxylic acids is 2. The summed E-state index contributed by atoms with van der Waals surface area (Å²) in [6, 6.07) is 17.7. The van der Waals surface area contributed by atoms with Gasteiger partial charge in [-0.3, -0.25) is 14.5 Å². The number of benzene rings is 2. The first-order valence-corrected chi connectivity index (χ1v) is 12.4. The summed E-state index contributed by atoms with van der Waals surface area (Å²) in [5, 5.41) is 0. The van der Waals surface area contributed by atoms with Crippen LogP contribution >= 0.6 is 0 Å². The number of rotatable bonds is 5. The smallest absolute Gasteiger partial charge is 0.253 e. The Labute approximate surface area is 201 Å². The van der Waals surface area contributed by atoms with E-state index in [1.165, 1.54) is 5.52 Å². The molecule has 7 heteroatoms. The number of hydrogen-bond donors (Lipinski definition) is 0. The Bertz CT molecular complexity index is 1150. The van der Waals surface area contributed by atoms with E-state index in [0.29, 0.717) is 31.7 Å². The zero-order valence-corrected chi connectivity index (χ0v) is 19.9. The third kappa shape index (κ3) is 4.57. The predicted octanol–water partition coefficient (Wildman–Crippen LogP) is 3.25. The van der Waals surface area contributed by atoms with Crippen LogP contribution in [0.3, 0.4) is 0 Å². The van der Waals surface area contributed by atoms with Gasteiger partial charge in [0.05, 0.1) is 23.5 Å². The first kappa shape index (κ1) is 22.6. The lowest BCUT2D eigenvalue weighted by molar-refractivity contribution is -0.139. The summed E-state index contributed by atoms with van der Waals surface area (Å²) in [6.45, 7) is 7.99. The van der Waals surface area contributed by atoms with Crippen molar-refractivity contribution in [2.45, 2.75) is 32.9 Å². The zero-order chi connectivity index (χ0) is 23.5. The number of aryl methyl sites for hydroxylation is 1. The standard InChI is InChI=1S/C27H33N5O2/c1-2-32-24-13-7-6-12-23(24)28-25(32)20-29-14-8-11-22(19-29)27(34)31-17-15-30(16-18-31)26(33)21-9-4-3-5-10-21/h3-7,9-10,12-13,22H,2,8,11,14-20H2,1H3/t22-/m1/s1. The van der Waals surface area contributed by atoms with E-state index in [2.05, 4.69) is 34.6 Å². The van der Waals surface area contributed by atoms with Gasteiger partial charge in [0.25, 0.3) is 5.91 Å². The number of piperazine rings is 1. The van der Waals surface area contributed by atoms with Gasteiger partial charge in [0.2, 0.25) is 5.91 Å². The molecule has 2 aliphatic rings. The molecule has 3 heterocycles. The summed E-state index contributed by atoms with van der Waals surface area (Å²) >= 11 is 0. The van der Waals surface area contributed by atoms with Gasteiger partial charge < -0.3 is 14.4 Å². The van der Waals surface area contributed by atoms with Crippen molar-refractivity contribution in [3.05, 3.63) is 66.0 Å². The topological polar surface area (TPSA) is 61.7 Å². The fourth-order valence-corrected chi connectivity index (χ4v) is 5.35. The van der Waals surface area contributed by atoms with Gasteiger partial charge in [0, 0.05) is 44.8 Å². The van der Waals surface area contributed by atoms with Crippen molar-refractivity contribution < 1.29 is 9.59 Å². The lowest BCUT2D eigenvalue weighted by atomic mass is 9.96. The Morgan fingerprint density at radius 1 is 0.912 bits per heavy atom. The molecular weight excluding hydrogens is 426 g/mol. The van der Waals surface area contributed by atoms with Gasteiger partial charge in [-0.1, -0.05) is 30.3 Å². The molecule has 2 saturated heterocycles. The van der Waals surface area contributed by atoms with Crippen molar-refractivity contribution in [1.29, 1.82) is 0 Å². The SMILES string of the molecule is CCn1c(CN2CCC[C@@H](C(=O)N3CCN(C(=O)c4ccccc4)CC3)C2)nc2ccccc21. The molecule has 2 aromatic carbocycles. The van der Waals surface area contributed by atoms with Gasteiger partial charge in [0.15, 0.2) is 0 Å². The predicted molar refractivity (Wildman–Crippen MR) is 132 cm³/mol. The highest BCUT2D eigenvalue weighted by Crippen LogP contribution is 2.23. The molecule has 5 rings (SSSR count). The Balaban J connectivity index is 1.19. The fraction of sp³-hybridized carbons (Fsp3) is 0.444. The molecule has 1 atom stereocenters. The van der Waals surface area contributed by atoms with Gasteiger partial charge in [0.1, 0.15) is 5.82 Å². The highest BCUT2D eigenvalue weighted by Gasteiger charge is 2.32. The van der Waals surface area contributed by atoms with Crippen molar-refractivity contribution in [2.75, 3.05) is 39.3 Å². The molecule has 2 amide bonds. The molecule has 0 radical (unpaired) electrons. The van der Waals surface area contributed by atoms with Crippen molar-refractivity contribution in [1.82, 2.24) is 24.3 Å². The van der Waals surface area contributed by atoms with Crippen LogP contribution in [0, 0.1) is 5.92 Å². The third-order valence-electron chi connectivity index (χ3n) is 7.17. The second kappa shape index (κ2) is 9.97. The van der Waals surface area contributed by atoms with E-state index >= 15 is 0 Å². The highest BCUT2D eigenvalue weighted by atomic mass is 16.2. The third-order valence-corrected chi connectivity index (χ3v) is 7.17. The van der Waals surface area contributed by atoms with Crippen LogP contribution < -0.4 is 0 Å². The van der Waals surface area contributed by atoms with Crippen LogP contribution in [0.5, 0.6) is 0 Å². The van der Waals surface area contributed by atoms with Gasteiger partial charge >= 0.3 is 0 Å². The molecule has 1 aromatic heterocycles. The Hall–Kier alpha value is -3.19. The second-order valence-corrected chi connectivity index (χ2v) is 9.32. The van der Waals surface area contributed by atoms with Gasteiger partial charge in [-0.15, -0.1) is 0 Å². The summed E-state index contributed by atoms with van der Waals surface area (Å²) in [6.07, 6.45) is 1.96. The number of para-hydroxylation sites is 2. The number of amides is 2. The number of hydrogen-bond acceptors (Lipinski definition) is 4. The quantitative estimate of drug-likeness (QED) is 0.588. The minimum atomic E-state index is 0.0181. The lowest BCUT2D eigenvalue weighted by Crippen LogP contribution is -2.53. The fourth-order valence-electron chi connectivity index (χ4n) is 5.35. The number of aromatic nitrogens is 2. The lowest BCUT2D eigenvalue weighted by Gasteiger charge is -2.39. The summed E-state index contributed by atoms with van der Waals surface area (Å²) in [5.41, 5.74) is 2.92. The van der Waals surface area contributed by atoms with Crippen LogP contribution in [0.15, 0.2) is 54.6 Å². The monoisotopic (exact) mass is 459 g/mol. The summed E-state index contributed by atoms with van der Waals surface area (Å²) < 4.78 is 2.28. The van der Waals surface area contributed by atoms with E-state index in [0.717, 1.165) is 50.4 Å². The molecule has 178 valence electrons. The molecule has 0 aliphatic carbocycles. The molecule has 0 unspecified atom stereocenters. The van der Waals surface area contributed by atoms with Crippen LogP contribution in [-0.4, -0.2) is 75.3 Å². The summed E-state index contributed by atoms with van der Waals surface area (Å²) in [7, 11) is 0. The molecule has 0 spiro atoms. The Morgan fingerprint density at radius 2 is 1.62 bits per heavy atom. The molecule has 7 nitrogen and oxygen atoms in total. The van der Waals surface area contributed by atoms with Crippen LogP contribution in [0.4, 0.5) is 0 Å². The molecule has 2 fully saturated rings.